The van der Waals surface area contributed by atoms with Crippen LogP contribution in [-0.2, 0) is 16.0 Å². The van der Waals surface area contributed by atoms with Crippen molar-refractivity contribution in [2.45, 2.75) is 25.8 Å². The van der Waals surface area contributed by atoms with Gasteiger partial charge in [0.1, 0.15) is 5.82 Å². The molecule has 148 valence electrons. The van der Waals surface area contributed by atoms with Gasteiger partial charge >= 0.3 is 11.9 Å². The highest BCUT2D eigenvalue weighted by molar-refractivity contribution is 6.27. The first-order chi connectivity index (χ1) is 13.7. The first kappa shape index (κ1) is 20.1. The molecular weight excluding hydrogens is 375 g/mol. The van der Waals surface area contributed by atoms with Crippen molar-refractivity contribution in [2.24, 2.45) is 4.99 Å². The van der Waals surface area contributed by atoms with E-state index in [-0.39, 0.29) is 11.4 Å². The molecule has 3 aromatic rings. The van der Waals surface area contributed by atoms with Gasteiger partial charge in [-0.1, -0.05) is 30.3 Å². The molecule has 0 unspecified atom stereocenters. The van der Waals surface area contributed by atoms with Crippen molar-refractivity contribution >= 4 is 28.6 Å². The molecule has 0 saturated heterocycles. The maximum absolute atomic E-state index is 14.3. The van der Waals surface area contributed by atoms with Crippen LogP contribution >= 0.6 is 0 Å². The standard InChI is InChI=1S/C20H17FN2.C2H2O4/c1-20(2)11-16-15(7-5-8-17(16)21)19(23-20)14-10-13-6-3-4-9-18(13)22-12-14;3-1(4)2(5)6/h3-10,12H,11H2,1-2H3;(H,3,4)(H,5,6). The molecular formula is C22H19FN2O4. The minimum Gasteiger partial charge on any atom is -0.473 e. The summed E-state index contributed by atoms with van der Waals surface area (Å²) >= 11 is 0. The normalized spacial score (nSPS) is 14.2. The Hall–Kier alpha value is -3.61. The molecule has 7 heteroatoms. The summed E-state index contributed by atoms with van der Waals surface area (Å²) in [6.07, 6.45) is 2.44. The van der Waals surface area contributed by atoms with Crippen LogP contribution in [0.4, 0.5) is 4.39 Å². The summed E-state index contributed by atoms with van der Waals surface area (Å²) in [5.41, 5.74) is 4.01. The van der Waals surface area contributed by atoms with Gasteiger partial charge in [-0.2, -0.15) is 0 Å². The summed E-state index contributed by atoms with van der Waals surface area (Å²) in [7, 11) is 0. The zero-order valence-electron chi connectivity index (χ0n) is 15.9. The number of aliphatic carboxylic acids is 2. The molecule has 0 atom stereocenters. The van der Waals surface area contributed by atoms with Crippen LogP contribution in [0.2, 0.25) is 0 Å². The van der Waals surface area contributed by atoms with Crippen molar-refractivity contribution in [3.8, 4) is 0 Å². The fraction of sp³-hybridized carbons (Fsp3) is 0.182. The van der Waals surface area contributed by atoms with Crippen molar-refractivity contribution in [3.05, 3.63) is 77.2 Å². The molecule has 0 spiro atoms. The number of carboxylic acids is 2. The van der Waals surface area contributed by atoms with Crippen LogP contribution in [-0.4, -0.2) is 38.4 Å². The molecule has 1 aromatic heterocycles. The number of rotatable bonds is 1. The van der Waals surface area contributed by atoms with Gasteiger partial charge in [-0.15, -0.1) is 0 Å². The van der Waals surface area contributed by atoms with Crippen LogP contribution in [0.5, 0.6) is 0 Å². The molecule has 0 saturated carbocycles. The molecule has 29 heavy (non-hydrogen) atoms. The average molecular weight is 394 g/mol. The number of para-hydroxylation sites is 1. The molecule has 0 radical (unpaired) electrons. The third-order valence-electron chi connectivity index (χ3n) is 4.44. The second-order valence-corrected chi connectivity index (χ2v) is 7.24. The van der Waals surface area contributed by atoms with E-state index in [1.807, 2.05) is 50.4 Å². The van der Waals surface area contributed by atoms with Crippen LogP contribution in [0.15, 0.2) is 59.7 Å². The number of pyridine rings is 1. The number of hydrogen-bond acceptors (Lipinski definition) is 4. The van der Waals surface area contributed by atoms with Gasteiger partial charge in [-0.25, -0.2) is 14.0 Å². The highest BCUT2D eigenvalue weighted by Gasteiger charge is 2.29. The molecule has 6 nitrogen and oxygen atoms in total. The first-order valence-corrected chi connectivity index (χ1v) is 8.87. The lowest BCUT2D eigenvalue weighted by atomic mass is 9.85. The lowest BCUT2D eigenvalue weighted by Crippen LogP contribution is -2.30. The summed E-state index contributed by atoms with van der Waals surface area (Å²) in [4.78, 5) is 27.6. The van der Waals surface area contributed by atoms with Crippen LogP contribution in [0.1, 0.15) is 30.5 Å². The number of halogens is 1. The first-order valence-electron chi connectivity index (χ1n) is 8.87. The van der Waals surface area contributed by atoms with Crippen LogP contribution in [0.3, 0.4) is 0 Å². The summed E-state index contributed by atoms with van der Waals surface area (Å²) in [5.74, 6) is -3.80. The van der Waals surface area contributed by atoms with Gasteiger partial charge in [-0.3, -0.25) is 9.98 Å². The predicted octanol–water partition coefficient (Wildman–Crippen LogP) is 3.70. The molecule has 0 fully saturated rings. The van der Waals surface area contributed by atoms with E-state index in [4.69, 9.17) is 24.8 Å². The van der Waals surface area contributed by atoms with E-state index in [0.717, 1.165) is 33.3 Å². The Morgan fingerprint density at radius 2 is 1.72 bits per heavy atom. The van der Waals surface area contributed by atoms with Gasteiger partial charge in [0, 0.05) is 29.1 Å². The summed E-state index contributed by atoms with van der Waals surface area (Å²) < 4.78 is 14.3. The fourth-order valence-corrected chi connectivity index (χ4v) is 3.22. The van der Waals surface area contributed by atoms with E-state index in [0.29, 0.717) is 6.42 Å². The van der Waals surface area contributed by atoms with Crippen molar-refractivity contribution in [3.63, 3.8) is 0 Å². The van der Waals surface area contributed by atoms with E-state index in [9.17, 15) is 4.39 Å². The molecule has 0 amide bonds. The van der Waals surface area contributed by atoms with E-state index in [2.05, 4.69) is 11.1 Å². The molecule has 0 aliphatic carbocycles. The predicted molar refractivity (Wildman–Crippen MR) is 107 cm³/mol. The van der Waals surface area contributed by atoms with Gasteiger partial charge in [0.05, 0.1) is 16.8 Å². The molecule has 2 N–H and O–H groups in total. The minimum absolute atomic E-state index is 0.156. The molecule has 1 aliphatic rings. The highest BCUT2D eigenvalue weighted by atomic mass is 19.1. The number of benzene rings is 2. The monoisotopic (exact) mass is 394 g/mol. The van der Waals surface area contributed by atoms with Gasteiger partial charge in [0.2, 0.25) is 0 Å². The Morgan fingerprint density at radius 3 is 2.41 bits per heavy atom. The highest BCUT2D eigenvalue weighted by Crippen LogP contribution is 2.31. The number of aliphatic imine (C=N–C) groups is 1. The maximum atomic E-state index is 14.3. The molecule has 0 bridgehead atoms. The summed E-state index contributed by atoms with van der Waals surface area (Å²) in [6.45, 7) is 4.08. The minimum atomic E-state index is -1.82. The Kier molecular flexibility index (Phi) is 5.41. The maximum Gasteiger partial charge on any atom is 0.414 e. The molecule has 1 aliphatic heterocycles. The van der Waals surface area contributed by atoms with Gasteiger partial charge in [-0.05, 0) is 37.6 Å². The summed E-state index contributed by atoms with van der Waals surface area (Å²) in [5, 5.41) is 15.8. The van der Waals surface area contributed by atoms with Crippen LogP contribution < -0.4 is 0 Å². The average Bonchev–Trinajstić information content (AvgIpc) is 2.68. The largest absolute Gasteiger partial charge is 0.473 e. The Balaban J connectivity index is 0.000000353. The Labute approximate surface area is 166 Å². The lowest BCUT2D eigenvalue weighted by Gasteiger charge is -2.29. The number of carboxylic acid groups (broad SMARTS) is 2. The van der Waals surface area contributed by atoms with Crippen molar-refractivity contribution < 1.29 is 24.2 Å². The Bertz CT molecular complexity index is 1130. The molecule has 2 aromatic carbocycles. The lowest BCUT2D eigenvalue weighted by molar-refractivity contribution is -0.159. The van der Waals surface area contributed by atoms with E-state index < -0.39 is 11.9 Å². The number of fused-ring (bicyclic) bond motifs is 2. The molecule has 4 rings (SSSR count). The zero-order valence-corrected chi connectivity index (χ0v) is 15.9. The van der Waals surface area contributed by atoms with Crippen molar-refractivity contribution in [1.82, 2.24) is 4.98 Å². The number of aromatic nitrogens is 1. The topological polar surface area (TPSA) is 99.9 Å². The second kappa shape index (κ2) is 7.79. The fourth-order valence-electron chi connectivity index (χ4n) is 3.22. The third kappa shape index (κ3) is 4.45. The van der Waals surface area contributed by atoms with Crippen molar-refractivity contribution in [1.29, 1.82) is 0 Å². The second-order valence-electron chi connectivity index (χ2n) is 7.24. The van der Waals surface area contributed by atoms with Gasteiger partial charge in [0.15, 0.2) is 0 Å². The van der Waals surface area contributed by atoms with Crippen LogP contribution in [0.25, 0.3) is 10.9 Å². The quantitative estimate of drug-likeness (QED) is 0.613. The SMILES string of the molecule is CC1(C)Cc2c(F)cccc2C(c2cnc3ccccc3c2)=N1.O=C(O)C(=O)O. The van der Waals surface area contributed by atoms with E-state index in [1.165, 1.54) is 6.07 Å². The van der Waals surface area contributed by atoms with Crippen LogP contribution in [0, 0.1) is 5.82 Å². The molecule has 2 heterocycles. The van der Waals surface area contributed by atoms with Gasteiger partial charge < -0.3 is 10.2 Å². The Morgan fingerprint density at radius 1 is 1.03 bits per heavy atom. The van der Waals surface area contributed by atoms with E-state index >= 15 is 0 Å². The smallest absolute Gasteiger partial charge is 0.414 e. The summed E-state index contributed by atoms with van der Waals surface area (Å²) in [6, 6.07) is 15.3. The zero-order chi connectivity index (χ0) is 21.2. The van der Waals surface area contributed by atoms with Crippen molar-refractivity contribution in [2.75, 3.05) is 0 Å². The number of hydrogen-bond donors (Lipinski definition) is 2. The van der Waals surface area contributed by atoms with E-state index in [1.54, 1.807) is 6.07 Å². The van der Waals surface area contributed by atoms with Gasteiger partial charge in [0.25, 0.3) is 0 Å². The number of nitrogens with zero attached hydrogens (tertiary/aromatic N) is 2. The third-order valence-corrected chi connectivity index (χ3v) is 4.44. The number of carbonyl (C=O) groups is 2.